The van der Waals surface area contributed by atoms with E-state index >= 15 is 0 Å². The number of aliphatic hydroxyl groups is 2. The summed E-state index contributed by atoms with van der Waals surface area (Å²) in [4.78, 5) is 4.22. The van der Waals surface area contributed by atoms with Gasteiger partial charge in [-0.05, 0) is 12.8 Å². The number of nitrogens with zero attached hydrogens (tertiary/aromatic N) is 2. The van der Waals surface area contributed by atoms with Crippen molar-refractivity contribution in [3.05, 3.63) is 18.2 Å². The molecular formula is C11H20N2O2. The molecule has 15 heavy (non-hydrogen) atoms. The van der Waals surface area contributed by atoms with Crippen molar-refractivity contribution in [3.8, 4) is 0 Å². The molecule has 0 saturated heterocycles. The standard InChI is InChI=1S/C11H20N2O2/c1-3-11(8-14,9-15)5-4-10-12-6-7-13(10)2/h6-7,14-15H,3-5,8-9H2,1-2H3. The van der Waals surface area contributed by atoms with Crippen LogP contribution in [0.2, 0.25) is 0 Å². The monoisotopic (exact) mass is 212 g/mol. The number of hydrogen-bond donors (Lipinski definition) is 2. The highest BCUT2D eigenvalue weighted by atomic mass is 16.3. The van der Waals surface area contributed by atoms with Crippen molar-refractivity contribution in [2.45, 2.75) is 26.2 Å². The van der Waals surface area contributed by atoms with Gasteiger partial charge >= 0.3 is 0 Å². The summed E-state index contributed by atoms with van der Waals surface area (Å²) in [6.45, 7) is 2.06. The normalized spacial score (nSPS) is 12.0. The van der Waals surface area contributed by atoms with E-state index in [9.17, 15) is 10.2 Å². The summed E-state index contributed by atoms with van der Waals surface area (Å²) < 4.78 is 1.97. The summed E-state index contributed by atoms with van der Waals surface area (Å²) in [6.07, 6.45) is 6.01. The zero-order chi connectivity index (χ0) is 11.3. The quantitative estimate of drug-likeness (QED) is 0.731. The SMILES string of the molecule is CCC(CO)(CO)CCc1nccn1C. The average molecular weight is 212 g/mol. The molecule has 1 heterocycles. The second-order valence-corrected chi connectivity index (χ2v) is 4.12. The van der Waals surface area contributed by atoms with E-state index in [1.807, 2.05) is 24.7 Å². The van der Waals surface area contributed by atoms with Gasteiger partial charge in [-0.1, -0.05) is 6.92 Å². The fourth-order valence-corrected chi connectivity index (χ4v) is 1.62. The Balaban J connectivity index is 2.58. The lowest BCUT2D eigenvalue weighted by atomic mass is 9.82. The van der Waals surface area contributed by atoms with Crippen molar-refractivity contribution in [1.29, 1.82) is 0 Å². The van der Waals surface area contributed by atoms with Crippen LogP contribution in [0.3, 0.4) is 0 Å². The highest BCUT2D eigenvalue weighted by Gasteiger charge is 2.26. The first-order valence-electron chi connectivity index (χ1n) is 5.35. The van der Waals surface area contributed by atoms with Crippen LogP contribution in [0.4, 0.5) is 0 Å². The second-order valence-electron chi connectivity index (χ2n) is 4.12. The maximum Gasteiger partial charge on any atom is 0.108 e. The Morgan fingerprint density at radius 1 is 1.40 bits per heavy atom. The van der Waals surface area contributed by atoms with Crippen LogP contribution in [0.5, 0.6) is 0 Å². The molecule has 2 N–H and O–H groups in total. The van der Waals surface area contributed by atoms with Gasteiger partial charge in [-0.3, -0.25) is 0 Å². The lowest BCUT2D eigenvalue weighted by molar-refractivity contribution is 0.0436. The molecule has 1 aromatic rings. The Morgan fingerprint density at radius 2 is 2.07 bits per heavy atom. The van der Waals surface area contributed by atoms with Crippen LogP contribution in [0.15, 0.2) is 12.4 Å². The third-order valence-corrected chi connectivity index (χ3v) is 3.22. The first kappa shape index (κ1) is 12.2. The molecule has 4 nitrogen and oxygen atoms in total. The van der Waals surface area contributed by atoms with Gasteiger partial charge in [0, 0.05) is 31.3 Å². The Morgan fingerprint density at radius 3 is 2.47 bits per heavy atom. The molecule has 4 heteroatoms. The molecule has 0 aliphatic heterocycles. The van der Waals surface area contributed by atoms with Crippen molar-refractivity contribution < 1.29 is 10.2 Å². The maximum absolute atomic E-state index is 9.29. The van der Waals surface area contributed by atoms with Gasteiger partial charge in [-0.2, -0.15) is 0 Å². The van der Waals surface area contributed by atoms with Crippen LogP contribution < -0.4 is 0 Å². The lowest BCUT2D eigenvalue weighted by Crippen LogP contribution is -2.30. The minimum absolute atomic E-state index is 0.0322. The van der Waals surface area contributed by atoms with E-state index in [1.54, 1.807) is 6.20 Å². The zero-order valence-electron chi connectivity index (χ0n) is 9.48. The molecule has 0 fully saturated rings. The summed E-state index contributed by atoms with van der Waals surface area (Å²) in [7, 11) is 1.95. The average Bonchev–Trinajstić information content (AvgIpc) is 2.67. The third-order valence-electron chi connectivity index (χ3n) is 3.22. The van der Waals surface area contributed by atoms with Gasteiger partial charge in [-0.15, -0.1) is 0 Å². The van der Waals surface area contributed by atoms with Crippen LogP contribution >= 0.6 is 0 Å². The largest absolute Gasteiger partial charge is 0.396 e. The number of rotatable bonds is 6. The van der Waals surface area contributed by atoms with Crippen LogP contribution in [0.25, 0.3) is 0 Å². The van der Waals surface area contributed by atoms with Gasteiger partial charge in [0.1, 0.15) is 5.82 Å². The molecule has 0 amide bonds. The van der Waals surface area contributed by atoms with Crippen LogP contribution in [-0.2, 0) is 13.5 Å². The highest BCUT2D eigenvalue weighted by molar-refractivity contribution is 4.93. The number of hydrogen-bond acceptors (Lipinski definition) is 3. The minimum Gasteiger partial charge on any atom is -0.396 e. The Kier molecular flexibility index (Phi) is 4.29. The van der Waals surface area contributed by atoms with Gasteiger partial charge in [0.25, 0.3) is 0 Å². The molecule has 0 aliphatic rings. The molecule has 0 atom stereocenters. The van der Waals surface area contributed by atoms with Crippen molar-refractivity contribution in [1.82, 2.24) is 9.55 Å². The van der Waals surface area contributed by atoms with Gasteiger partial charge in [0.2, 0.25) is 0 Å². The fourth-order valence-electron chi connectivity index (χ4n) is 1.62. The van der Waals surface area contributed by atoms with Gasteiger partial charge in [0.05, 0.1) is 13.2 Å². The van der Waals surface area contributed by atoms with E-state index in [-0.39, 0.29) is 18.6 Å². The maximum atomic E-state index is 9.29. The first-order valence-corrected chi connectivity index (χ1v) is 5.35. The summed E-state index contributed by atoms with van der Waals surface area (Å²) in [5, 5.41) is 18.6. The summed E-state index contributed by atoms with van der Waals surface area (Å²) in [5.74, 6) is 0.995. The van der Waals surface area contributed by atoms with Crippen LogP contribution in [0.1, 0.15) is 25.6 Å². The topological polar surface area (TPSA) is 58.3 Å². The van der Waals surface area contributed by atoms with Gasteiger partial charge in [-0.25, -0.2) is 4.98 Å². The van der Waals surface area contributed by atoms with E-state index in [4.69, 9.17) is 0 Å². The zero-order valence-corrected chi connectivity index (χ0v) is 9.48. The molecule has 0 radical (unpaired) electrons. The smallest absolute Gasteiger partial charge is 0.108 e. The highest BCUT2D eigenvalue weighted by Crippen LogP contribution is 2.26. The molecule has 0 bridgehead atoms. The second kappa shape index (κ2) is 5.28. The van der Waals surface area contributed by atoms with Crippen LogP contribution in [0, 0.1) is 5.41 Å². The van der Waals surface area contributed by atoms with E-state index < -0.39 is 0 Å². The van der Waals surface area contributed by atoms with E-state index in [2.05, 4.69) is 4.98 Å². The van der Waals surface area contributed by atoms with E-state index in [1.165, 1.54) is 0 Å². The predicted molar refractivity (Wildman–Crippen MR) is 58.4 cm³/mol. The number of aliphatic hydroxyl groups excluding tert-OH is 2. The molecule has 0 spiro atoms. The van der Waals surface area contributed by atoms with Gasteiger partial charge < -0.3 is 14.8 Å². The minimum atomic E-state index is -0.355. The van der Waals surface area contributed by atoms with Gasteiger partial charge in [0.15, 0.2) is 0 Å². The van der Waals surface area contributed by atoms with E-state index in [0.717, 1.165) is 25.1 Å². The Hall–Kier alpha value is -0.870. The Labute approximate surface area is 90.6 Å². The molecule has 0 aliphatic carbocycles. The molecule has 0 aromatic carbocycles. The summed E-state index contributed by atoms with van der Waals surface area (Å²) in [6, 6.07) is 0. The third kappa shape index (κ3) is 2.79. The summed E-state index contributed by atoms with van der Waals surface area (Å²) >= 11 is 0. The van der Waals surface area contributed by atoms with E-state index in [0.29, 0.717) is 0 Å². The summed E-state index contributed by atoms with van der Waals surface area (Å²) in [5.41, 5.74) is -0.355. The first-order chi connectivity index (χ1) is 7.17. The fraction of sp³-hybridized carbons (Fsp3) is 0.727. The Bertz CT molecular complexity index is 284. The van der Waals surface area contributed by atoms with Crippen molar-refractivity contribution in [2.24, 2.45) is 12.5 Å². The number of aryl methyl sites for hydroxylation is 2. The number of aromatic nitrogens is 2. The molecule has 1 aromatic heterocycles. The van der Waals surface area contributed by atoms with Crippen molar-refractivity contribution in [2.75, 3.05) is 13.2 Å². The lowest BCUT2D eigenvalue weighted by Gasteiger charge is -2.28. The molecular weight excluding hydrogens is 192 g/mol. The van der Waals surface area contributed by atoms with Crippen molar-refractivity contribution >= 4 is 0 Å². The molecule has 0 unspecified atom stereocenters. The predicted octanol–water partition coefficient (Wildman–Crippen LogP) is 0.734. The number of imidazole rings is 1. The van der Waals surface area contributed by atoms with Crippen molar-refractivity contribution in [3.63, 3.8) is 0 Å². The molecule has 1 rings (SSSR count). The van der Waals surface area contributed by atoms with Crippen LogP contribution in [-0.4, -0.2) is 33.0 Å². The molecule has 0 saturated carbocycles. The molecule has 86 valence electrons.